The lowest BCUT2D eigenvalue weighted by Crippen LogP contribution is -2.04. The highest BCUT2D eigenvalue weighted by Crippen LogP contribution is 2.26. The Kier molecular flexibility index (Phi) is 3.91. The summed E-state index contributed by atoms with van der Waals surface area (Å²) in [5.41, 5.74) is 1.79. The molecule has 0 bridgehead atoms. The summed E-state index contributed by atoms with van der Waals surface area (Å²) in [5, 5.41) is 2.79. The van der Waals surface area contributed by atoms with E-state index in [0.29, 0.717) is 0 Å². The van der Waals surface area contributed by atoms with Crippen molar-refractivity contribution in [3.63, 3.8) is 0 Å². The second-order valence-electron chi connectivity index (χ2n) is 3.41. The smallest absolute Gasteiger partial charge is 0.311 e. The number of hydrogen-bond donors (Lipinski definition) is 0. The monoisotopic (exact) mass is 311 g/mol. The lowest BCUT2D eigenvalue weighted by atomic mass is 10.2. The fourth-order valence-electron chi connectivity index (χ4n) is 1.36. The van der Waals surface area contributed by atoms with Crippen LogP contribution in [0.2, 0.25) is 0 Å². The van der Waals surface area contributed by atoms with Gasteiger partial charge in [0.15, 0.2) is 0 Å². The maximum absolute atomic E-state index is 11.1. The minimum atomic E-state index is -0.268. The minimum Gasteiger partial charge on any atom is -0.469 e. The summed E-state index contributed by atoms with van der Waals surface area (Å²) in [5.74, 6) is -0.268. The summed E-state index contributed by atoms with van der Waals surface area (Å²) in [4.78, 5) is 15.5. The summed E-state index contributed by atoms with van der Waals surface area (Å²) >= 11 is 4.94. The Morgan fingerprint density at radius 2 is 2.35 bits per heavy atom. The molecule has 0 unspecified atom stereocenters. The molecule has 0 atom stereocenters. The highest BCUT2D eigenvalue weighted by Gasteiger charge is 2.08. The number of hydrogen-bond acceptors (Lipinski definition) is 4. The Morgan fingerprint density at radius 1 is 1.53 bits per heavy atom. The zero-order valence-corrected chi connectivity index (χ0v) is 11.5. The number of halogens is 1. The summed E-state index contributed by atoms with van der Waals surface area (Å²) in [6, 6.07) is 7.92. The van der Waals surface area contributed by atoms with Gasteiger partial charge in [-0.05, 0) is 12.1 Å². The van der Waals surface area contributed by atoms with Gasteiger partial charge in [-0.3, -0.25) is 4.79 Å². The molecule has 0 fully saturated rings. The first kappa shape index (κ1) is 12.3. The second-order valence-corrected chi connectivity index (χ2v) is 5.18. The maximum Gasteiger partial charge on any atom is 0.311 e. The summed E-state index contributed by atoms with van der Waals surface area (Å²) in [7, 11) is 1.38. The van der Waals surface area contributed by atoms with E-state index in [-0.39, 0.29) is 12.4 Å². The lowest BCUT2D eigenvalue weighted by molar-refractivity contribution is -0.139. The van der Waals surface area contributed by atoms with Crippen molar-refractivity contribution in [1.29, 1.82) is 0 Å². The zero-order valence-electron chi connectivity index (χ0n) is 9.14. The largest absolute Gasteiger partial charge is 0.469 e. The van der Waals surface area contributed by atoms with Gasteiger partial charge in [0.2, 0.25) is 0 Å². The minimum absolute atomic E-state index is 0.223. The van der Waals surface area contributed by atoms with Crippen LogP contribution in [0.15, 0.2) is 34.1 Å². The third kappa shape index (κ3) is 3.14. The Balaban J connectivity index is 2.21. The first-order valence-corrected chi connectivity index (χ1v) is 6.63. The average Bonchev–Trinajstić information content (AvgIpc) is 2.77. The van der Waals surface area contributed by atoms with Gasteiger partial charge in [0.25, 0.3) is 0 Å². The molecule has 0 aliphatic carbocycles. The van der Waals surface area contributed by atoms with E-state index in [9.17, 15) is 4.79 Å². The number of methoxy groups -OCH3 is 1. The van der Waals surface area contributed by atoms with E-state index >= 15 is 0 Å². The Morgan fingerprint density at radius 3 is 3.06 bits per heavy atom. The molecule has 0 saturated carbocycles. The molecule has 17 heavy (non-hydrogen) atoms. The normalized spacial score (nSPS) is 10.2. The topological polar surface area (TPSA) is 39.2 Å². The third-order valence-electron chi connectivity index (χ3n) is 2.18. The number of ether oxygens (including phenoxy) is 1. The Hall–Kier alpha value is -1.20. The van der Waals surface area contributed by atoms with Gasteiger partial charge in [-0.1, -0.05) is 28.1 Å². The van der Waals surface area contributed by atoms with Crippen LogP contribution < -0.4 is 0 Å². The number of rotatable bonds is 3. The standard InChI is InChI=1S/C12H10BrNO2S/c1-16-11(15)6-10-7-17-12(14-10)8-3-2-4-9(13)5-8/h2-5,7H,6H2,1H3. The van der Waals surface area contributed by atoms with Gasteiger partial charge in [-0.2, -0.15) is 0 Å². The maximum atomic E-state index is 11.1. The molecule has 5 heteroatoms. The number of esters is 1. The van der Waals surface area contributed by atoms with E-state index in [0.717, 1.165) is 20.7 Å². The lowest BCUT2D eigenvalue weighted by Gasteiger charge is -1.97. The molecule has 2 aromatic rings. The van der Waals surface area contributed by atoms with E-state index < -0.39 is 0 Å². The van der Waals surface area contributed by atoms with Crippen molar-refractivity contribution in [3.8, 4) is 10.6 Å². The predicted octanol–water partition coefficient (Wildman–Crippen LogP) is 3.29. The average molecular weight is 312 g/mol. The van der Waals surface area contributed by atoms with Gasteiger partial charge in [-0.15, -0.1) is 11.3 Å². The number of aromatic nitrogens is 1. The fraction of sp³-hybridized carbons (Fsp3) is 0.167. The van der Waals surface area contributed by atoms with Crippen molar-refractivity contribution in [2.75, 3.05) is 7.11 Å². The highest BCUT2D eigenvalue weighted by atomic mass is 79.9. The van der Waals surface area contributed by atoms with Gasteiger partial charge in [0.05, 0.1) is 19.2 Å². The summed E-state index contributed by atoms with van der Waals surface area (Å²) in [6.07, 6.45) is 0.223. The van der Waals surface area contributed by atoms with Gasteiger partial charge >= 0.3 is 5.97 Å². The summed E-state index contributed by atoms with van der Waals surface area (Å²) in [6.45, 7) is 0. The van der Waals surface area contributed by atoms with Crippen molar-refractivity contribution in [1.82, 2.24) is 4.98 Å². The van der Waals surface area contributed by atoms with Gasteiger partial charge < -0.3 is 4.74 Å². The molecular weight excluding hydrogens is 302 g/mol. The van der Waals surface area contributed by atoms with E-state index in [1.807, 2.05) is 29.6 Å². The highest BCUT2D eigenvalue weighted by molar-refractivity contribution is 9.10. The third-order valence-corrected chi connectivity index (χ3v) is 3.61. The first-order valence-electron chi connectivity index (χ1n) is 4.96. The van der Waals surface area contributed by atoms with Crippen molar-refractivity contribution < 1.29 is 9.53 Å². The molecule has 0 saturated heterocycles. The number of carbonyl (C=O) groups is 1. The van der Waals surface area contributed by atoms with Crippen LogP contribution in [-0.4, -0.2) is 18.1 Å². The number of benzene rings is 1. The van der Waals surface area contributed by atoms with Crippen molar-refractivity contribution in [2.45, 2.75) is 6.42 Å². The molecule has 1 heterocycles. The predicted molar refractivity (Wildman–Crippen MR) is 71.0 cm³/mol. The number of thiazole rings is 1. The molecule has 3 nitrogen and oxygen atoms in total. The molecular formula is C12H10BrNO2S. The van der Waals surface area contributed by atoms with Crippen molar-refractivity contribution >= 4 is 33.2 Å². The molecule has 1 aromatic heterocycles. The molecule has 0 aliphatic rings. The Bertz CT molecular complexity index is 539. The number of nitrogens with zero attached hydrogens (tertiary/aromatic N) is 1. The molecule has 0 radical (unpaired) electrons. The van der Waals surface area contributed by atoms with E-state index in [1.165, 1.54) is 18.4 Å². The van der Waals surface area contributed by atoms with Crippen molar-refractivity contribution in [2.24, 2.45) is 0 Å². The van der Waals surface area contributed by atoms with Crippen LogP contribution >= 0.6 is 27.3 Å². The molecule has 88 valence electrons. The van der Waals surface area contributed by atoms with Gasteiger partial charge in [0, 0.05) is 15.4 Å². The zero-order chi connectivity index (χ0) is 12.3. The van der Waals surface area contributed by atoms with E-state index in [4.69, 9.17) is 0 Å². The SMILES string of the molecule is COC(=O)Cc1csc(-c2cccc(Br)c2)n1. The van der Waals surface area contributed by atoms with Gasteiger partial charge in [0.1, 0.15) is 5.01 Å². The van der Waals surface area contributed by atoms with E-state index in [2.05, 4.69) is 25.7 Å². The molecule has 1 aromatic carbocycles. The van der Waals surface area contributed by atoms with E-state index in [1.54, 1.807) is 0 Å². The van der Waals surface area contributed by atoms with Crippen LogP contribution in [0, 0.1) is 0 Å². The van der Waals surface area contributed by atoms with Crippen LogP contribution in [-0.2, 0) is 16.0 Å². The number of carbonyl (C=O) groups excluding carboxylic acids is 1. The van der Waals surface area contributed by atoms with Crippen LogP contribution in [0.5, 0.6) is 0 Å². The molecule has 0 amide bonds. The quantitative estimate of drug-likeness (QED) is 0.817. The molecule has 0 aliphatic heterocycles. The first-order chi connectivity index (χ1) is 8.19. The molecule has 0 spiro atoms. The van der Waals surface area contributed by atoms with Crippen molar-refractivity contribution in [3.05, 3.63) is 39.8 Å². The van der Waals surface area contributed by atoms with Crippen LogP contribution in [0.1, 0.15) is 5.69 Å². The molecule has 0 N–H and O–H groups in total. The summed E-state index contributed by atoms with van der Waals surface area (Å²) < 4.78 is 5.62. The molecule has 2 rings (SSSR count). The Labute approximate surface area is 112 Å². The van der Waals surface area contributed by atoms with Gasteiger partial charge in [-0.25, -0.2) is 4.98 Å². The van der Waals surface area contributed by atoms with Crippen LogP contribution in [0.4, 0.5) is 0 Å². The van der Waals surface area contributed by atoms with Crippen LogP contribution in [0.25, 0.3) is 10.6 Å². The van der Waals surface area contributed by atoms with Crippen LogP contribution in [0.3, 0.4) is 0 Å². The fourth-order valence-corrected chi connectivity index (χ4v) is 2.58. The second kappa shape index (κ2) is 5.42.